The minimum atomic E-state index is -0.846. The summed E-state index contributed by atoms with van der Waals surface area (Å²) >= 11 is 0. The molecule has 0 amide bonds. The van der Waals surface area contributed by atoms with Crippen molar-refractivity contribution in [3.05, 3.63) is 0 Å². The van der Waals surface area contributed by atoms with Crippen LogP contribution in [0.1, 0.15) is 59.3 Å². The lowest BCUT2D eigenvalue weighted by molar-refractivity contribution is -0.159. The van der Waals surface area contributed by atoms with Crippen LogP contribution in [-0.2, 0) is 4.74 Å². The van der Waals surface area contributed by atoms with E-state index >= 15 is 0 Å². The van der Waals surface area contributed by atoms with Crippen molar-refractivity contribution >= 4 is 0 Å². The Kier molecular flexibility index (Phi) is 4.23. The van der Waals surface area contributed by atoms with E-state index in [0.717, 1.165) is 25.7 Å². The fraction of sp³-hybridized carbons (Fsp3) is 0.938. The van der Waals surface area contributed by atoms with Crippen molar-refractivity contribution in [1.82, 2.24) is 0 Å². The summed E-state index contributed by atoms with van der Waals surface area (Å²) in [5.74, 6) is 1.39. The largest absolute Gasteiger partial charge is 0.388 e. The Hall–Kier alpha value is -0.590. The average molecular weight is 265 g/mol. The van der Waals surface area contributed by atoms with Gasteiger partial charge in [0, 0.05) is 19.4 Å². The molecule has 0 aromatic carbocycles. The smallest absolute Gasteiger partial charge is 0.0879 e. The van der Waals surface area contributed by atoms with Crippen LogP contribution in [0.2, 0.25) is 0 Å². The van der Waals surface area contributed by atoms with E-state index in [9.17, 15) is 10.4 Å². The molecule has 3 nitrogen and oxygen atoms in total. The van der Waals surface area contributed by atoms with E-state index in [1.54, 1.807) is 0 Å². The summed E-state index contributed by atoms with van der Waals surface area (Å²) in [6.07, 6.45) is 5.10. The zero-order chi connectivity index (χ0) is 14.1. The quantitative estimate of drug-likeness (QED) is 0.833. The highest BCUT2D eigenvalue weighted by atomic mass is 16.5. The minimum Gasteiger partial charge on any atom is -0.388 e. The Morgan fingerprint density at radius 2 is 1.89 bits per heavy atom. The van der Waals surface area contributed by atoms with E-state index in [1.807, 2.05) is 6.92 Å². The predicted molar refractivity (Wildman–Crippen MR) is 74.4 cm³/mol. The van der Waals surface area contributed by atoms with Gasteiger partial charge in [0.25, 0.3) is 0 Å². The molecule has 3 heteroatoms. The summed E-state index contributed by atoms with van der Waals surface area (Å²) < 4.78 is 5.54. The van der Waals surface area contributed by atoms with Gasteiger partial charge >= 0.3 is 0 Å². The molecule has 0 spiro atoms. The third-order valence-corrected chi connectivity index (χ3v) is 5.47. The van der Waals surface area contributed by atoms with E-state index in [0.29, 0.717) is 31.3 Å². The van der Waals surface area contributed by atoms with Gasteiger partial charge in [0.2, 0.25) is 0 Å². The van der Waals surface area contributed by atoms with E-state index < -0.39 is 11.0 Å². The molecule has 1 heterocycles. The van der Waals surface area contributed by atoms with Crippen LogP contribution in [0.4, 0.5) is 0 Å². The van der Waals surface area contributed by atoms with Crippen molar-refractivity contribution in [2.24, 2.45) is 17.3 Å². The fourth-order valence-electron chi connectivity index (χ4n) is 3.98. The van der Waals surface area contributed by atoms with Gasteiger partial charge in [0.15, 0.2) is 0 Å². The topological polar surface area (TPSA) is 53.2 Å². The van der Waals surface area contributed by atoms with Crippen molar-refractivity contribution in [3.63, 3.8) is 0 Å². The summed E-state index contributed by atoms with van der Waals surface area (Å²) in [4.78, 5) is 0. The second kappa shape index (κ2) is 5.42. The van der Waals surface area contributed by atoms with E-state index in [-0.39, 0.29) is 6.10 Å². The van der Waals surface area contributed by atoms with E-state index in [1.165, 1.54) is 0 Å². The number of aliphatic hydroxyl groups is 1. The lowest BCUT2D eigenvalue weighted by Crippen LogP contribution is -2.54. The van der Waals surface area contributed by atoms with Gasteiger partial charge in [0.1, 0.15) is 0 Å². The number of ether oxygens (including phenoxy) is 1. The van der Waals surface area contributed by atoms with Crippen LogP contribution >= 0.6 is 0 Å². The molecular formula is C16H27NO2. The first-order valence-electron chi connectivity index (χ1n) is 7.68. The summed E-state index contributed by atoms with van der Waals surface area (Å²) in [7, 11) is 0. The van der Waals surface area contributed by atoms with E-state index in [4.69, 9.17) is 4.74 Å². The van der Waals surface area contributed by atoms with Gasteiger partial charge in [-0.3, -0.25) is 0 Å². The summed E-state index contributed by atoms with van der Waals surface area (Å²) in [6.45, 7) is 7.09. The molecule has 0 bridgehead atoms. The molecule has 0 radical (unpaired) electrons. The lowest BCUT2D eigenvalue weighted by Gasteiger charge is -2.50. The van der Waals surface area contributed by atoms with Gasteiger partial charge in [-0.1, -0.05) is 13.8 Å². The molecule has 2 unspecified atom stereocenters. The third-order valence-electron chi connectivity index (χ3n) is 5.47. The van der Waals surface area contributed by atoms with Crippen molar-refractivity contribution in [1.29, 1.82) is 5.26 Å². The second-order valence-corrected chi connectivity index (χ2v) is 6.94. The molecule has 108 valence electrons. The molecule has 0 aromatic rings. The maximum absolute atomic E-state index is 11.0. The second-order valence-electron chi connectivity index (χ2n) is 6.94. The van der Waals surface area contributed by atoms with Crippen LogP contribution in [0.3, 0.4) is 0 Å². The van der Waals surface area contributed by atoms with Crippen molar-refractivity contribution < 1.29 is 9.84 Å². The minimum absolute atomic E-state index is 0.0618. The van der Waals surface area contributed by atoms with Crippen LogP contribution in [0.5, 0.6) is 0 Å². The molecule has 1 saturated carbocycles. The van der Waals surface area contributed by atoms with Gasteiger partial charge in [-0.2, -0.15) is 5.26 Å². The molecule has 1 aliphatic carbocycles. The lowest BCUT2D eigenvalue weighted by atomic mass is 9.58. The van der Waals surface area contributed by atoms with Crippen LogP contribution < -0.4 is 0 Å². The van der Waals surface area contributed by atoms with Crippen LogP contribution in [0.25, 0.3) is 0 Å². The monoisotopic (exact) mass is 265 g/mol. The Labute approximate surface area is 117 Å². The molecular weight excluding hydrogens is 238 g/mol. The zero-order valence-corrected chi connectivity index (χ0v) is 12.5. The van der Waals surface area contributed by atoms with Crippen molar-refractivity contribution in [2.45, 2.75) is 71.0 Å². The Morgan fingerprint density at radius 3 is 2.37 bits per heavy atom. The highest BCUT2D eigenvalue weighted by Gasteiger charge is 2.53. The first kappa shape index (κ1) is 14.8. The average Bonchev–Trinajstić information content (AvgIpc) is 2.38. The molecule has 2 aliphatic rings. The molecule has 2 fully saturated rings. The number of nitrogens with zero attached hydrogens (tertiary/aromatic N) is 1. The van der Waals surface area contributed by atoms with Gasteiger partial charge in [-0.25, -0.2) is 0 Å². The Balaban J connectivity index is 2.14. The SMILES string of the molecule is CC1CC(O)(C2(C#N)CCC(C(C)C)CC2)CCO1. The summed E-state index contributed by atoms with van der Waals surface area (Å²) in [5, 5.41) is 20.8. The molecule has 1 aliphatic heterocycles. The van der Waals surface area contributed by atoms with E-state index in [2.05, 4.69) is 19.9 Å². The van der Waals surface area contributed by atoms with Crippen molar-refractivity contribution in [3.8, 4) is 6.07 Å². The van der Waals surface area contributed by atoms with Gasteiger partial charge < -0.3 is 9.84 Å². The molecule has 0 aromatic heterocycles. The first-order chi connectivity index (χ1) is 8.92. The Bertz CT molecular complexity index is 352. The van der Waals surface area contributed by atoms with Gasteiger partial charge in [0.05, 0.1) is 23.2 Å². The van der Waals surface area contributed by atoms with Crippen LogP contribution in [0, 0.1) is 28.6 Å². The molecule has 19 heavy (non-hydrogen) atoms. The highest BCUT2D eigenvalue weighted by molar-refractivity contribution is 5.14. The third kappa shape index (κ3) is 2.66. The number of hydrogen-bond acceptors (Lipinski definition) is 3. The predicted octanol–water partition coefficient (Wildman–Crippen LogP) is 3.27. The summed E-state index contributed by atoms with van der Waals surface area (Å²) in [5.41, 5.74) is -1.39. The first-order valence-corrected chi connectivity index (χ1v) is 7.68. The zero-order valence-electron chi connectivity index (χ0n) is 12.5. The molecule has 2 rings (SSSR count). The fourth-order valence-corrected chi connectivity index (χ4v) is 3.98. The van der Waals surface area contributed by atoms with Crippen LogP contribution in [0.15, 0.2) is 0 Å². The highest BCUT2D eigenvalue weighted by Crippen LogP contribution is 2.51. The number of rotatable bonds is 2. The number of hydrogen-bond donors (Lipinski definition) is 1. The maximum atomic E-state index is 11.0. The normalized spacial score (nSPS) is 44.0. The van der Waals surface area contributed by atoms with Gasteiger partial charge in [-0.15, -0.1) is 0 Å². The standard InChI is InChI=1S/C16H27NO2/c1-12(2)14-4-6-15(11-17,7-5-14)16(18)8-9-19-13(3)10-16/h12-14,18H,4-10H2,1-3H3. The van der Waals surface area contributed by atoms with Crippen molar-refractivity contribution in [2.75, 3.05) is 6.61 Å². The Morgan fingerprint density at radius 1 is 1.26 bits per heavy atom. The van der Waals surface area contributed by atoms with Crippen LogP contribution in [-0.4, -0.2) is 23.4 Å². The molecule has 1 saturated heterocycles. The molecule has 2 atom stereocenters. The summed E-state index contributed by atoms with van der Waals surface area (Å²) in [6, 6.07) is 2.50. The number of nitriles is 1. The molecule has 1 N–H and O–H groups in total. The maximum Gasteiger partial charge on any atom is 0.0879 e. The van der Waals surface area contributed by atoms with Gasteiger partial charge in [-0.05, 0) is 44.4 Å².